The maximum absolute atomic E-state index is 12.0. The van der Waals surface area contributed by atoms with E-state index in [0.717, 1.165) is 17.1 Å². The van der Waals surface area contributed by atoms with Gasteiger partial charge in [0.1, 0.15) is 11.5 Å². The molecule has 0 aliphatic heterocycles. The third-order valence-corrected chi connectivity index (χ3v) is 2.69. The van der Waals surface area contributed by atoms with Gasteiger partial charge in [0.15, 0.2) is 0 Å². The van der Waals surface area contributed by atoms with Crippen LogP contribution in [0.5, 0.6) is 0 Å². The van der Waals surface area contributed by atoms with Crippen LogP contribution in [0, 0.1) is 6.92 Å². The van der Waals surface area contributed by atoms with E-state index in [0.29, 0.717) is 5.69 Å². The van der Waals surface area contributed by atoms with Crippen LogP contribution in [0.15, 0.2) is 42.6 Å². The number of hydrogen-bond donors (Lipinski definition) is 1. The van der Waals surface area contributed by atoms with E-state index in [-0.39, 0.29) is 5.78 Å². The molecule has 2 rings (SSSR count). The summed E-state index contributed by atoms with van der Waals surface area (Å²) in [6.07, 6.45) is 3.25. The zero-order chi connectivity index (χ0) is 13.8. The number of allylic oxidation sites excluding steroid dienone is 1. The number of benzene rings is 1. The first-order chi connectivity index (χ1) is 9.08. The van der Waals surface area contributed by atoms with Crippen molar-refractivity contribution in [3.05, 3.63) is 54.0 Å². The van der Waals surface area contributed by atoms with Gasteiger partial charge < -0.3 is 9.88 Å². The molecule has 0 aliphatic carbocycles. The summed E-state index contributed by atoms with van der Waals surface area (Å²) < 4.78 is 0. The summed E-state index contributed by atoms with van der Waals surface area (Å²) >= 11 is 0. The first kappa shape index (κ1) is 13.1. The summed E-state index contributed by atoms with van der Waals surface area (Å²) in [4.78, 5) is 21.4. The maximum Gasteiger partial charge on any atom is 0.207 e. The zero-order valence-corrected chi connectivity index (χ0v) is 11.3. The molecule has 2 aromatic rings. The van der Waals surface area contributed by atoms with E-state index < -0.39 is 0 Å². The molecule has 1 N–H and O–H groups in total. The first-order valence-corrected chi connectivity index (χ1v) is 6.09. The van der Waals surface area contributed by atoms with Crippen LogP contribution in [0.25, 0.3) is 11.4 Å². The fourth-order valence-corrected chi connectivity index (χ4v) is 1.73. The van der Waals surface area contributed by atoms with Crippen molar-refractivity contribution in [3.8, 4) is 11.4 Å². The Morgan fingerprint density at radius 3 is 2.58 bits per heavy atom. The molecular formula is C15H17N3O. The molecule has 0 spiro atoms. The molecule has 0 saturated heterocycles. The normalized spacial score (nSPS) is 10.9. The molecule has 19 heavy (non-hydrogen) atoms. The minimum absolute atomic E-state index is 0.0929. The monoisotopic (exact) mass is 255 g/mol. The Labute approximate surface area is 112 Å². The molecule has 0 aliphatic rings. The smallest absolute Gasteiger partial charge is 0.207 e. The van der Waals surface area contributed by atoms with Gasteiger partial charge in [-0.25, -0.2) is 4.98 Å². The van der Waals surface area contributed by atoms with E-state index in [4.69, 9.17) is 0 Å². The highest BCUT2D eigenvalue weighted by atomic mass is 16.1. The lowest BCUT2D eigenvalue weighted by atomic mass is 10.2. The number of aromatic amines is 1. The van der Waals surface area contributed by atoms with Crippen molar-refractivity contribution in [1.29, 1.82) is 0 Å². The molecule has 0 atom stereocenters. The molecule has 1 aromatic carbocycles. The largest absolute Gasteiger partial charge is 0.383 e. The number of nitrogens with zero attached hydrogens (tertiary/aromatic N) is 2. The summed E-state index contributed by atoms with van der Waals surface area (Å²) in [7, 11) is 3.74. The lowest BCUT2D eigenvalue weighted by molar-refractivity contribution is 0.104. The Balaban J connectivity index is 2.29. The maximum atomic E-state index is 12.0. The van der Waals surface area contributed by atoms with Gasteiger partial charge in [-0.3, -0.25) is 4.79 Å². The number of imidazole rings is 1. The van der Waals surface area contributed by atoms with E-state index in [1.807, 2.05) is 56.3 Å². The van der Waals surface area contributed by atoms with Crippen LogP contribution in [0.2, 0.25) is 0 Å². The van der Waals surface area contributed by atoms with Gasteiger partial charge in [-0.15, -0.1) is 0 Å². The molecule has 0 saturated carbocycles. The van der Waals surface area contributed by atoms with Crippen molar-refractivity contribution in [3.63, 3.8) is 0 Å². The zero-order valence-electron chi connectivity index (χ0n) is 11.3. The highest BCUT2D eigenvalue weighted by Crippen LogP contribution is 2.18. The van der Waals surface area contributed by atoms with Crippen molar-refractivity contribution in [2.24, 2.45) is 0 Å². The fraction of sp³-hybridized carbons (Fsp3) is 0.200. The molecule has 1 aromatic heterocycles. The predicted octanol–water partition coefficient (Wildman–Crippen LogP) is 2.64. The van der Waals surface area contributed by atoms with Gasteiger partial charge in [0.2, 0.25) is 5.78 Å². The average molecular weight is 255 g/mol. The van der Waals surface area contributed by atoms with Gasteiger partial charge in [-0.2, -0.15) is 0 Å². The van der Waals surface area contributed by atoms with Crippen LogP contribution < -0.4 is 0 Å². The molecule has 0 amide bonds. The Morgan fingerprint density at radius 2 is 1.95 bits per heavy atom. The van der Waals surface area contributed by atoms with Crippen molar-refractivity contribution >= 4 is 5.78 Å². The van der Waals surface area contributed by atoms with Crippen LogP contribution in [-0.2, 0) is 0 Å². The summed E-state index contributed by atoms with van der Waals surface area (Å²) in [5.74, 6) is 0.629. The Kier molecular flexibility index (Phi) is 3.80. The second kappa shape index (κ2) is 5.52. The van der Waals surface area contributed by atoms with Crippen molar-refractivity contribution in [1.82, 2.24) is 14.9 Å². The van der Waals surface area contributed by atoms with Crippen LogP contribution in [-0.4, -0.2) is 34.7 Å². The Morgan fingerprint density at radius 1 is 1.26 bits per heavy atom. The molecule has 98 valence electrons. The number of nitrogens with one attached hydrogen (secondary N) is 1. The van der Waals surface area contributed by atoms with Crippen molar-refractivity contribution in [2.45, 2.75) is 6.92 Å². The van der Waals surface area contributed by atoms with Gasteiger partial charge in [0.05, 0.1) is 0 Å². The van der Waals surface area contributed by atoms with Crippen LogP contribution in [0.3, 0.4) is 0 Å². The van der Waals surface area contributed by atoms with E-state index >= 15 is 0 Å². The molecule has 0 radical (unpaired) electrons. The van der Waals surface area contributed by atoms with E-state index in [9.17, 15) is 4.79 Å². The number of carbonyl (C=O) groups is 1. The molecule has 1 heterocycles. The third kappa shape index (κ3) is 3.10. The highest BCUT2D eigenvalue weighted by molar-refractivity contribution is 6.04. The third-order valence-electron chi connectivity index (χ3n) is 2.69. The minimum Gasteiger partial charge on any atom is -0.383 e. The molecule has 4 nitrogen and oxygen atoms in total. The molecule has 0 bridgehead atoms. The van der Waals surface area contributed by atoms with Crippen molar-refractivity contribution in [2.75, 3.05) is 14.1 Å². The summed E-state index contributed by atoms with van der Waals surface area (Å²) in [5, 5.41) is 0. The Hall–Kier alpha value is -2.36. The lowest BCUT2D eigenvalue weighted by Gasteiger charge is -2.01. The number of H-pyrrole nitrogens is 1. The van der Waals surface area contributed by atoms with E-state index in [1.54, 1.807) is 6.20 Å². The van der Waals surface area contributed by atoms with Gasteiger partial charge >= 0.3 is 0 Å². The Bertz CT molecular complexity index is 597. The quantitative estimate of drug-likeness (QED) is 0.675. The predicted molar refractivity (Wildman–Crippen MR) is 75.9 cm³/mol. The van der Waals surface area contributed by atoms with Gasteiger partial charge in [-0.1, -0.05) is 30.3 Å². The van der Waals surface area contributed by atoms with Gasteiger partial charge in [0, 0.05) is 37.6 Å². The average Bonchev–Trinajstić information content (AvgIpc) is 2.79. The van der Waals surface area contributed by atoms with Crippen LogP contribution in [0.1, 0.15) is 16.2 Å². The number of aromatic nitrogens is 2. The minimum atomic E-state index is -0.0929. The van der Waals surface area contributed by atoms with Gasteiger partial charge in [0.25, 0.3) is 0 Å². The van der Waals surface area contributed by atoms with Gasteiger partial charge in [-0.05, 0) is 6.92 Å². The van der Waals surface area contributed by atoms with E-state index in [2.05, 4.69) is 9.97 Å². The summed E-state index contributed by atoms with van der Waals surface area (Å²) in [5.41, 5.74) is 2.23. The molecule has 4 heteroatoms. The molecular weight excluding hydrogens is 238 g/mol. The number of aryl methyl sites for hydroxylation is 1. The van der Waals surface area contributed by atoms with E-state index in [1.165, 1.54) is 6.08 Å². The second-order valence-electron chi connectivity index (χ2n) is 4.57. The second-order valence-corrected chi connectivity index (χ2v) is 4.57. The van der Waals surface area contributed by atoms with Crippen LogP contribution >= 0.6 is 0 Å². The topological polar surface area (TPSA) is 49.0 Å². The van der Waals surface area contributed by atoms with Crippen molar-refractivity contribution < 1.29 is 4.79 Å². The summed E-state index contributed by atoms with van der Waals surface area (Å²) in [6, 6.07) is 9.76. The molecule has 0 unspecified atom stereocenters. The fourth-order valence-electron chi connectivity index (χ4n) is 1.73. The number of ketones is 1. The molecule has 0 fully saturated rings. The van der Waals surface area contributed by atoms with Crippen LogP contribution in [0.4, 0.5) is 0 Å². The SMILES string of the molecule is Cc1[nH]c(-c2ccccc2)nc1C(=O)/C=C/N(C)C. The number of hydrogen-bond acceptors (Lipinski definition) is 3. The summed E-state index contributed by atoms with van der Waals surface area (Å²) in [6.45, 7) is 1.86. The lowest BCUT2D eigenvalue weighted by Crippen LogP contribution is -2.04. The number of carbonyl (C=O) groups excluding carboxylic acids is 1. The highest BCUT2D eigenvalue weighted by Gasteiger charge is 2.13. The standard InChI is InChI=1S/C15H17N3O/c1-11-14(13(19)9-10-18(2)3)17-15(16-11)12-7-5-4-6-8-12/h4-10H,1-3H3,(H,16,17)/b10-9+. The number of rotatable bonds is 4. The first-order valence-electron chi connectivity index (χ1n) is 6.09.